The van der Waals surface area contributed by atoms with Gasteiger partial charge in [0.1, 0.15) is 17.6 Å². The monoisotopic (exact) mass is 748 g/mol. The van der Waals surface area contributed by atoms with Crippen molar-refractivity contribution < 1.29 is 24.0 Å². The summed E-state index contributed by atoms with van der Waals surface area (Å²) in [6.45, 7) is 2.22. The van der Waals surface area contributed by atoms with Crippen LogP contribution in [0.2, 0.25) is 0 Å². The molecule has 0 fully saturated rings. The number of ketones is 1. The molecule has 0 aliphatic heterocycles. The first kappa shape index (κ1) is 38.1. The Morgan fingerprint density at radius 1 is 0.526 bits per heavy atom. The van der Waals surface area contributed by atoms with Crippen molar-refractivity contribution in [2.24, 2.45) is 0 Å². The van der Waals surface area contributed by atoms with Crippen molar-refractivity contribution in [3.8, 4) is 11.4 Å². The van der Waals surface area contributed by atoms with Crippen LogP contribution in [-0.4, -0.2) is 27.0 Å². The van der Waals surface area contributed by atoms with E-state index in [9.17, 15) is 14.7 Å². The molecule has 1 N–H and O–H groups in total. The first-order chi connectivity index (χ1) is 27.9. The third-order valence-electron chi connectivity index (χ3n) is 9.89. The van der Waals surface area contributed by atoms with E-state index in [4.69, 9.17) is 9.26 Å². The van der Waals surface area contributed by atoms with Crippen LogP contribution in [0.4, 0.5) is 0 Å². The summed E-state index contributed by atoms with van der Waals surface area (Å²) in [5.74, 6) is -1.34. The summed E-state index contributed by atoms with van der Waals surface area (Å²) in [5, 5.41) is 13.7. The predicted octanol–water partition coefficient (Wildman–Crippen LogP) is 10.2. The van der Waals surface area contributed by atoms with Gasteiger partial charge in [0, 0.05) is 5.56 Å². The van der Waals surface area contributed by atoms with Gasteiger partial charge in [0.05, 0.1) is 0 Å². The smallest absolute Gasteiger partial charge is 0.373 e. The van der Waals surface area contributed by atoms with Crippen LogP contribution >= 0.6 is 0 Å². The summed E-state index contributed by atoms with van der Waals surface area (Å²) in [7, 11) is 0. The van der Waals surface area contributed by atoms with Crippen molar-refractivity contribution in [2.75, 3.05) is 0 Å². The second kappa shape index (κ2) is 17.5. The van der Waals surface area contributed by atoms with Crippen molar-refractivity contribution in [2.45, 2.75) is 24.5 Å². The van der Waals surface area contributed by atoms with Crippen molar-refractivity contribution in [1.29, 1.82) is 0 Å². The lowest BCUT2D eigenvalue weighted by Gasteiger charge is -2.35. The predicted molar refractivity (Wildman–Crippen MR) is 220 cm³/mol. The minimum atomic E-state index is -1.45. The lowest BCUT2D eigenvalue weighted by atomic mass is 9.66. The van der Waals surface area contributed by atoms with Crippen LogP contribution in [0, 0.1) is 6.92 Å². The molecule has 8 rings (SSSR count). The van der Waals surface area contributed by atoms with E-state index in [1.54, 1.807) is 36.4 Å². The molecule has 1 aromatic heterocycles. The number of carboxylic acids is 1. The second-order valence-corrected chi connectivity index (χ2v) is 13.4. The molecule has 57 heavy (non-hydrogen) atoms. The van der Waals surface area contributed by atoms with Gasteiger partial charge in [0.15, 0.2) is 0 Å². The maximum absolute atomic E-state index is 13.0. The number of carboxylic acid groups (broad SMARTS) is 1. The van der Waals surface area contributed by atoms with Gasteiger partial charge in [0.25, 0.3) is 11.7 Å². The number of carbonyl (C=O) groups excluding carboxylic acids is 1. The highest BCUT2D eigenvalue weighted by Gasteiger charge is 2.47. The third-order valence-corrected chi connectivity index (χ3v) is 9.89. The van der Waals surface area contributed by atoms with Gasteiger partial charge in [-0.3, -0.25) is 4.79 Å². The topological polar surface area (TPSA) is 103 Å². The summed E-state index contributed by atoms with van der Waals surface area (Å²) >= 11 is 0. The molecule has 8 aromatic rings. The molecule has 7 aromatic carbocycles. The number of aliphatic carboxylic acids is 1. The Bertz CT molecular complexity index is 2300. The number of carbonyl (C=O) groups is 2. The summed E-state index contributed by atoms with van der Waals surface area (Å²) in [6, 6.07) is 65.9. The molecule has 7 heteroatoms. The number of hydrogen-bond donors (Lipinski definition) is 1. The van der Waals surface area contributed by atoms with E-state index < -0.39 is 22.8 Å². The Morgan fingerprint density at radius 3 is 1.23 bits per heavy atom. The summed E-state index contributed by atoms with van der Waals surface area (Å²) < 4.78 is 12.3. The van der Waals surface area contributed by atoms with E-state index in [0.29, 0.717) is 28.4 Å². The number of ether oxygens (including phenoxy) is 1. The first-order valence-electron chi connectivity index (χ1n) is 18.6. The average Bonchev–Trinajstić information content (AvgIpc) is 3.76. The molecule has 0 radical (unpaired) electrons. The molecule has 7 nitrogen and oxygen atoms in total. The molecule has 0 saturated carbocycles. The Labute approximate surface area is 331 Å². The van der Waals surface area contributed by atoms with Gasteiger partial charge in [-0.25, -0.2) is 4.79 Å². The first-order valence-corrected chi connectivity index (χ1v) is 18.6. The van der Waals surface area contributed by atoms with Crippen molar-refractivity contribution >= 4 is 11.8 Å². The van der Waals surface area contributed by atoms with Crippen LogP contribution in [-0.2, 0) is 31.9 Å². The van der Waals surface area contributed by atoms with Gasteiger partial charge in [-0.1, -0.05) is 217 Å². The molecule has 0 unspecified atom stereocenters. The van der Waals surface area contributed by atoms with Gasteiger partial charge < -0.3 is 14.4 Å². The van der Waals surface area contributed by atoms with Gasteiger partial charge >= 0.3 is 5.97 Å². The van der Waals surface area contributed by atoms with Crippen LogP contribution in [0.5, 0.6) is 0 Å². The highest BCUT2D eigenvalue weighted by atomic mass is 16.5. The fraction of sp³-hybridized carbons (Fsp3) is 0.0800. The lowest BCUT2D eigenvalue weighted by molar-refractivity contribution is -0.150. The summed E-state index contributed by atoms with van der Waals surface area (Å²) in [6.07, 6.45) is 0. The van der Waals surface area contributed by atoms with Crippen molar-refractivity contribution in [3.05, 3.63) is 251 Å². The lowest BCUT2D eigenvalue weighted by Crippen LogP contribution is -2.42. The zero-order chi connectivity index (χ0) is 39.5. The number of hydrogen-bond acceptors (Lipinski definition) is 6. The maximum Gasteiger partial charge on any atom is 0.373 e. The molecular weight excluding hydrogens is 709 g/mol. The molecule has 0 amide bonds. The second-order valence-electron chi connectivity index (χ2n) is 13.4. The van der Waals surface area contributed by atoms with Gasteiger partial charge in [-0.2, -0.15) is 4.98 Å². The largest absolute Gasteiger partial charge is 0.475 e. The SMILES string of the molecule is Cc1ccc(-c2noc(COC(c3ccccc3)(c3ccccc3)c3ccccc3)n2)cc1.O=C(O)C(=O)C(c1ccccc1)(c1ccccc1)c1ccccc1. The van der Waals surface area contributed by atoms with Crippen molar-refractivity contribution in [1.82, 2.24) is 10.1 Å². The fourth-order valence-corrected chi connectivity index (χ4v) is 7.19. The van der Waals surface area contributed by atoms with Gasteiger partial charge in [-0.15, -0.1) is 0 Å². The molecule has 0 bridgehead atoms. The Balaban J connectivity index is 0.000000183. The number of aryl methyl sites for hydroxylation is 1. The maximum atomic E-state index is 13.0. The quantitative estimate of drug-likeness (QED) is 0.0980. The number of aromatic nitrogens is 2. The average molecular weight is 749 g/mol. The van der Waals surface area contributed by atoms with Gasteiger partial charge in [-0.05, 0) is 40.3 Å². The van der Waals surface area contributed by atoms with Crippen LogP contribution in [0.15, 0.2) is 211 Å². The van der Waals surface area contributed by atoms with E-state index in [2.05, 4.69) is 53.5 Å². The van der Waals surface area contributed by atoms with Crippen LogP contribution in [0.25, 0.3) is 11.4 Å². The zero-order valence-corrected chi connectivity index (χ0v) is 31.3. The number of Topliss-reactive ketones (excluding diaryl/α,β-unsaturated/α-hetero) is 1. The summed E-state index contributed by atoms with van der Waals surface area (Å²) in [4.78, 5) is 29.3. The highest BCUT2D eigenvalue weighted by Crippen LogP contribution is 2.42. The molecule has 0 aliphatic rings. The van der Waals surface area contributed by atoms with Crippen LogP contribution in [0.3, 0.4) is 0 Å². The molecule has 0 saturated heterocycles. The number of nitrogens with zero attached hydrogens (tertiary/aromatic N) is 2. The standard InChI is InChI=1S/C29H24N2O2.C21H16O3/c1-22-17-19-23(20-18-22)28-30-27(33-31-28)21-32-29(24-11-5-2-6-12-24,25-13-7-3-8-14-25)26-15-9-4-10-16-26;22-19(20(23)24)21(16-10-4-1-5-11-16,17-12-6-2-7-13-17)18-14-8-3-9-15-18/h2-20H,21H2,1H3;1-15H,(H,23,24). The fourth-order valence-electron chi connectivity index (χ4n) is 7.19. The van der Waals surface area contributed by atoms with E-state index in [0.717, 1.165) is 22.3 Å². The number of benzene rings is 7. The minimum absolute atomic E-state index is 0.164. The Morgan fingerprint density at radius 2 is 0.877 bits per heavy atom. The molecular formula is C50H40N2O5. The van der Waals surface area contributed by atoms with E-state index in [-0.39, 0.29) is 6.61 Å². The van der Waals surface area contributed by atoms with Crippen molar-refractivity contribution in [3.63, 3.8) is 0 Å². The molecule has 1 heterocycles. The normalized spacial score (nSPS) is 11.2. The zero-order valence-electron chi connectivity index (χ0n) is 31.3. The highest BCUT2D eigenvalue weighted by molar-refractivity contribution is 6.38. The minimum Gasteiger partial charge on any atom is -0.475 e. The van der Waals surface area contributed by atoms with Crippen LogP contribution in [0.1, 0.15) is 44.8 Å². The molecule has 280 valence electrons. The molecule has 0 aliphatic carbocycles. The third kappa shape index (κ3) is 7.96. The number of rotatable bonds is 12. The molecule has 0 spiro atoms. The van der Waals surface area contributed by atoms with Gasteiger partial charge in [0.2, 0.25) is 5.82 Å². The van der Waals surface area contributed by atoms with E-state index in [1.165, 1.54) is 5.56 Å². The van der Waals surface area contributed by atoms with E-state index in [1.807, 2.05) is 133 Å². The molecule has 0 atom stereocenters. The van der Waals surface area contributed by atoms with Crippen LogP contribution < -0.4 is 0 Å². The Kier molecular flexibility index (Phi) is 11.7. The van der Waals surface area contributed by atoms with E-state index >= 15 is 0 Å². The Hall–Kier alpha value is -7.22. The summed E-state index contributed by atoms with van der Waals surface area (Å²) in [5.41, 5.74) is 4.87.